The summed E-state index contributed by atoms with van der Waals surface area (Å²) in [5.41, 5.74) is 1.86. The standard InChI is InChI=1S/C17H22FN5O.HI/c1-19-17(20-12-14-3-2-4-15(18)11-14)23-8-6-22(7-9-23)13-16-5-10-24-21-16;/h2-5,10-11H,6-9,12-13H2,1H3,(H,19,20);1H. The first-order valence-corrected chi connectivity index (χ1v) is 8.06. The van der Waals surface area contributed by atoms with Crippen LogP contribution in [-0.2, 0) is 13.1 Å². The number of benzene rings is 1. The van der Waals surface area contributed by atoms with Gasteiger partial charge in [-0.25, -0.2) is 4.39 Å². The Balaban J connectivity index is 0.00000225. The lowest BCUT2D eigenvalue weighted by atomic mass is 10.2. The highest BCUT2D eigenvalue weighted by Crippen LogP contribution is 2.08. The summed E-state index contributed by atoms with van der Waals surface area (Å²) in [4.78, 5) is 8.90. The second-order valence-corrected chi connectivity index (χ2v) is 5.78. The first kappa shape index (κ1) is 19.6. The number of piperazine rings is 1. The monoisotopic (exact) mass is 459 g/mol. The fraction of sp³-hybridized carbons (Fsp3) is 0.412. The van der Waals surface area contributed by atoms with Crippen molar-refractivity contribution in [1.82, 2.24) is 20.3 Å². The van der Waals surface area contributed by atoms with Crippen molar-refractivity contribution in [3.05, 3.63) is 53.7 Å². The SMILES string of the molecule is CN=C(NCc1cccc(F)c1)N1CCN(Cc2ccon2)CC1.I. The smallest absolute Gasteiger partial charge is 0.194 e. The van der Waals surface area contributed by atoms with Crippen molar-refractivity contribution < 1.29 is 8.91 Å². The second-order valence-electron chi connectivity index (χ2n) is 5.78. The highest BCUT2D eigenvalue weighted by atomic mass is 127. The van der Waals surface area contributed by atoms with E-state index in [9.17, 15) is 4.39 Å². The van der Waals surface area contributed by atoms with E-state index in [4.69, 9.17) is 4.52 Å². The topological polar surface area (TPSA) is 56.9 Å². The lowest BCUT2D eigenvalue weighted by Gasteiger charge is -2.36. The Labute approximate surface area is 164 Å². The van der Waals surface area contributed by atoms with Crippen LogP contribution >= 0.6 is 24.0 Å². The molecule has 0 spiro atoms. The van der Waals surface area contributed by atoms with Crippen molar-refractivity contribution in [1.29, 1.82) is 0 Å². The van der Waals surface area contributed by atoms with Crippen LogP contribution in [0.3, 0.4) is 0 Å². The molecule has 1 aliphatic heterocycles. The average Bonchev–Trinajstić information content (AvgIpc) is 3.10. The van der Waals surface area contributed by atoms with Gasteiger partial charge in [-0.05, 0) is 17.7 Å². The summed E-state index contributed by atoms with van der Waals surface area (Å²) < 4.78 is 18.1. The molecule has 0 radical (unpaired) electrons. The molecule has 0 amide bonds. The van der Waals surface area contributed by atoms with Crippen LogP contribution in [0.25, 0.3) is 0 Å². The van der Waals surface area contributed by atoms with Crippen LogP contribution in [0.1, 0.15) is 11.3 Å². The lowest BCUT2D eigenvalue weighted by Crippen LogP contribution is -2.52. The van der Waals surface area contributed by atoms with E-state index in [1.807, 2.05) is 12.1 Å². The molecule has 25 heavy (non-hydrogen) atoms. The number of guanidine groups is 1. The van der Waals surface area contributed by atoms with Gasteiger partial charge in [-0.2, -0.15) is 0 Å². The number of nitrogens with zero attached hydrogens (tertiary/aromatic N) is 4. The van der Waals surface area contributed by atoms with Crippen molar-refractivity contribution in [2.75, 3.05) is 33.2 Å². The Morgan fingerprint density at radius 3 is 2.72 bits per heavy atom. The summed E-state index contributed by atoms with van der Waals surface area (Å²) >= 11 is 0. The fourth-order valence-electron chi connectivity index (χ4n) is 2.83. The molecule has 3 rings (SSSR count). The Morgan fingerprint density at radius 1 is 1.28 bits per heavy atom. The minimum Gasteiger partial charge on any atom is -0.364 e. The van der Waals surface area contributed by atoms with E-state index in [0.717, 1.165) is 49.9 Å². The van der Waals surface area contributed by atoms with Gasteiger partial charge in [0.05, 0.1) is 5.69 Å². The van der Waals surface area contributed by atoms with Crippen molar-refractivity contribution in [3.63, 3.8) is 0 Å². The number of aromatic nitrogens is 1. The van der Waals surface area contributed by atoms with Gasteiger partial charge in [0.1, 0.15) is 12.1 Å². The Kier molecular flexibility index (Phi) is 7.63. The third-order valence-electron chi connectivity index (χ3n) is 4.10. The van der Waals surface area contributed by atoms with Crippen LogP contribution in [0.15, 0.2) is 46.1 Å². The highest BCUT2D eigenvalue weighted by Gasteiger charge is 2.20. The number of aliphatic imine (C=N–C) groups is 1. The molecule has 1 fully saturated rings. The van der Waals surface area contributed by atoms with Crippen LogP contribution in [0.4, 0.5) is 4.39 Å². The first-order valence-electron chi connectivity index (χ1n) is 8.06. The minimum absolute atomic E-state index is 0. The molecule has 0 saturated carbocycles. The van der Waals surface area contributed by atoms with Crippen LogP contribution in [0, 0.1) is 5.82 Å². The number of hydrogen-bond donors (Lipinski definition) is 1. The van der Waals surface area contributed by atoms with Crippen molar-refractivity contribution in [2.45, 2.75) is 13.1 Å². The third-order valence-corrected chi connectivity index (χ3v) is 4.10. The molecule has 2 heterocycles. The molecule has 1 aromatic carbocycles. The van der Waals surface area contributed by atoms with E-state index in [-0.39, 0.29) is 29.8 Å². The molecule has 6 nitrogen and oxygen atoms in total. The number of nitrogens with one attached hydrogen (secondary N) is 1. The molecule has 8 heteroatoms. The molecule has 1 aliphatic rings. The van der Waals surface area contributed by atoms with Gasteiger partial charge in [0.15, 0.2) is 5.96 Å². The van der Waals surface area contributed by atoms with Gasteiger partial charge < -0.3 is 14.7 Å². The molecule has 0 unspecified atom stereocenters. The molecule has 1 saturated heterocycles. The zero-order valence-corrected chi connectivity index (χ0v) is 16.5. The molecule has 1 N–H and O–H groups in total. The highest BCUT2D eigenvalue weighted by molar-refractivity contribution is 14.0. The van der Waals surface area contributed by atoms with Crippen LogP contribution in [0.5, 0.6) is 0 Å². The molecule has 0 aliphatic carbocycles. The number of rotatable bonds is 4. The summed E-state index contributed by atoms with van der Waals surface area (Å²) in [5.74, 6) is 0.631. The summed E-state index contributed by atoms with van der Waals surface area (Å²) in [5, 5.41) is 7.26. The van der Waals surface area contributed by atoms with E-state index in [2.05, 4.69) is 25.3 Å². The quantitative estimate of drug-likeness (QED) is 0.432. The van der Waals surface area contributed by atoms with Gasteiger partial charge in [0.25, 0.3) is 0 Å². The predicted molar refractivity (Wildman–Crippen MR) is 105 cm³/mol. The molecule has 0 atom stereocenters. The van der Waals surface area contributed by atoms with Gasteiger partial charge in [-0.1, -0.05) is 17.3 Å². The van der Waals surface area contributed by atoms with Crippen molar-refractivity contribution in [2.24, 2.45) is 4.99 Å². The number of halogens is 2. The summed E-state index contributed by atoms with van der Waals surface area (Å²) in [6.45, 7) is 5.02. The maximum absolute atomic E-state index is 13.2. The Morgan fingerprint density at radius 2 is 2.08 bits per heavy atom. The first-order chi connectivity index (χ1) is 11.7. The zero-order valence-electron chi connectivity index (χ0n) is 14.2. The van der Waals surface area contributed by atoms with Crippen molar-refractivity contribution in [3.8, 4) is 0 Å². The Bertz CT molecular complexity index is 671. The molecule has 2 aromatic rings. The lowest BCUT2D eigenvalue weighted by molar-refractivity contribution is 0.169. The van der Waals surface area contributed by atoms with Gasteiger partial charge in [-0.3, -0.25) is 9.89 Å². The van der Waals surface area contributed by atoms with Gasteiger partial charge in [0, 0.05) is 52.4 Å². The third kappa shape index (κ3) is 5.67. The van der Waals surface area contributed by atoms with E-state index in [1.54, 1.807) is 19.4 Å². The van der Waals surface area contributed by atoms with Crippen molar-refractivity contribution >= 4 is 29.9 Å². The fourth-order valence-corrected chi connectivity index (χ4v) is 2.83. The maximum atomic E-state index is 13.2. The van der Waals surface area contributed by atoms with Crippen LogP contribution < -0.4 is 5.32 Å². The van der Waals surface area contributed by atoms with E-state index in [1.165, 1.54) is 12.1 Å². The maximum Gasteiger partial charge on any atom is 0.194 e. The molecule has 136 valence electrons. The average molecular weight is 459 g/mol. The zero-order chi connectivity index (χ0) is 16.8. The summed E-state index contributed by atoms with van der Waals surface area (Å²) in [7, 11) is 1.77. The predicted octanol–water partition coefficient (Wildman–Crippen LogP) is 2.32. The molecule has 1 aromatic heterocycles. The summed E-state index contributed by atoms with van der Waals surface area (Å²) in [6, 6.07) is 8.51. The largest absolute Gasteiger partial charge is 0.364 e. The second kappa shape index (κ2) is 9.71. The van der Waals surface area contributed by atoms with E-state index in [0.29, 0.717) is 6.54 Å². The molecular formula is C17H23FIN5O. The van der Waals surface area contributed by atoms with E-state index < -0.39 is 0 Å². The van der Waals surface area contributed by atoms with Gasteiger partial charge in [0.2, 0.25) is 0 Å². The van der Waals surface area contributed by atoms with E-state index >= 15 is 0 Å². The van der Waals surface area contributed by atoms with Crippen LogP contribution in [-0.4, -0.2) is 54.1 Å². The van der Waals surface area contributed by atoms with Gasteiger partial charge in [-0.15, -0.1) is 24.0 Å². The van der Waals surface area contributed by atoms with Crippen LogP contribution in [0.2, 0.25) is 0 Å². The Hall–Kier alpha value is -1.68. The molecule has 0 bridgehead atoms. The normalized spacial score (nSPS) is 15.8. The molecular weight excluding hydrogens is 436 g/mol. The minimum atomic E-state index is -0.217. The number of hydrogen-bond acceptors (Lipinski definition) is 4. The summed E-state index contributed by atoms with van der Waals surface area (Å²) in [6.07, 6.45) is 1.60. The van der Waals surface area contributed by atoms with Gasteiger partial charge >= 0.3 is 0 Å².